The second-order valence-corrected chi connectivity index (χ2v) is 5.72. The van der Waals surface area contributed by atoms with Crippen LogP contribution in [-0.2, 0) is 5.41 Å². The molecule has 2 aromatic carbocycles. The maximum Gasteiger partial charge on any atom is 0.173 e. The molecule has 3 rings (SSSR count). The molecule has 0 aliphatic heterocycles. The van der Waals surface area contributed by atoms with Crippen molar-refractivity contribution < 1.29 is 4.79 Å². The zero-order valence-corrected chi connectivity index (χ0v) is 12.5. The van der Waals surface area contributed by atoms with Gasteiger partial charge in [-0.1, -0.05) is 30.3 Å². The number of benzene rings is 2. The van der Waals surface area contributed by atoms with Gasteiger partial charge in [-0.25, -0.2) is 0 Å². The highest BCUT2D eigenvalue weighted by atomic mass is 16.1. The lowest BCUT2D eigenvalue weighted by Gasteiger charge is -2.27. The molecule has 0 bridgehead atoms. The molecule has 110 valence electrons. The summed E-state index contributed by atoms with van der Waals surface area (Å²) in [6.45, 7) is 1.91. The fourth-order valence-electron chi connectivity index (χ4n) is 2.86. The molecular formula is C19H18N2O. The van der Waals surface area contributed by atoms with Crippen molar-refractivity contribution in [3.05, 3.63) is 71.9 Å². The number of fused-ring (bicyclic) bond motifs is 1. The Morgan fingerprint density at radius 2 is 1.95 bits per heavy atom. The minimum atomic E-state index is -0.715. The minimum Gasteiger partial charge on any atom is -0.361 e. The Labute approximate surface area is 129 Å². The quantitative estimate of drug-likeness (QED) is 0.532. The molecule has 0 amide bonds. The van der Waals surface area contributed by atoms with E-state index in [4.69, 9.17) is 5.41 Å². The summed E-state index contributed by atoms with van der Waals surface area (Å²) in [4.78, 5) is 16.2. The number of hydrogen-bond donors (Lipinski definition) is 2. The van der Waals surface area contributed by atoms with Crippen LogP contribution in [0.25, 0.3) is 10.9 Å². The van der Waals surface area contributed by atoms with Crippen molar-refractivity contribution in [2.75, 3.05) is 0 Å². The molecule has 3 nitrogen and oxygen atoms in total. The number of ketones is 1. The van der Waals surface area contributed by atoms with Crippen LogP contribution in [0, 0.1) is 5.41 Å². The normalized spacial score (nSPS) is 13.7. The Hall–Kier alpha value is -2.68. The van der Waals surface area contributed by atoms with E-state index in [0.717, 1.165) is 16.5 Å². The Bertz CT molecular complexity index is 820. The molecular weight excluding hydrogens is 272 g/mol. The summed E-state index contributed by atoms with van der Waals surface area (Å²) in [7, 11) is 0. The summed E-state index contributed by atoms with van der Waals surface area (Å²) in [5.41, 5.74) is 1.93. The van der Waals surface area contributed by atoms with E-state index < -0.39 is 5.41 Å². The van der Waals surface area contributed by atoms with E-state index in [9.17, 15) is 4.79 Å². The van der Waals surface area contributed by atoms with Crippen LogP contribution in [0.4, 0.5) is 0 Å². The number of rotatable bonds is 5. The van der Waals surface area contributed by atoms with E-state index in [1.165, 1.54) is 6.21 Å². The molecule has 3 heteroatoms. The highest BCUT2D eigenvalue weighted by Gasteiger charge is 2.34. The molecule has 2 N–H and O–H groups in total. The molecule has 0 aliphatic rings. The van der Waals surface area contributed by atoms with Gasteiger partial charge in [0, 0.05) is 22.7 Å². The molecule has 3 aromatic rings. The van der Waals surface area contributed by atoms with Crippen LogP contribution in [0.2, 0.25) is 0 Å². The van der Waals surface area contributed by atoms with E-state index in [1.807, 2.05) is 67.7 Å². The predicted molar refractivity (Wildman–Crippen MR) is 89.8 cm³/mol. The lowest BCUT2D eigenvalue weighted by molar-refractivity contribution is 0.0901. The highest BCUT2D eigenvalue weighted by molar-refractivity contribution is 6.07. The third-order valence-corrected chi connectivity index (χ3v) is 4.24. The second-order valence-electron chi connectivity index (χ2n) is 5.72. The molecule has 0 radical (unpaired) electrons. The Morgan fingerprint density at radius 1 is 1.18 bits per heavy atom. The number of Topliss-reactive ketones (excluding diaryl/α,β-unsaturated/α-hetero) is 1. The molecule has 0 spiro atoms. The molecule has 1 heterocycles. The zero-order valence-electron chi connectivity index (χ0n) is 12.5. The van der Waals surface area contributed by atoms with Gasteiger partial charge in [-0.3, -0.25) is 4.79 Å². The number of carbonyl (C=O) groups is 1. The number of nitrogens with one attached hydrogen (secondary N) is 2. The summed E-state index contributed by atoms with van der Waals surface area (Å²) in [6.07, 6.45) is 3.58. The van der Waals surface area contributed by atoms with Gasteiger partial charge in [0.15, 0.2) is 5.78 Å². The summed E-state index contributed by atoms with van der Waals surface area (Å²) >= 11 is 0. The number of H-pyrrole nitrogens is 1. The van der Waals surface area contributed by atoms with Crippen molar-refractivity contribution in [1.82, 2.24) is 4.98 Å². The number of hydrogen-bond acceptors (Lipinski definition) is 2. The highest BCUT2D eigenvalue weighted by Crippen LogP contribution is 2.31. The van der Waals surface area contributed by atoms with Crippen molar-refractivity contribution in [1.29, 1.82) is 5.41 Å². The number of aromatic amines is 1. The van der Waals surface area contributed by atoms with Crippen LogP contribution in [0.15, 0.2) is 60.8 Å². The second kappa shape index (κ2) is 5.60. The Balaban J connectivity index is 2.07. The summed E-state index contributed by atoms with van der Waals surface area (Å²) in [5, 5.41) is 8.51. The molecule has 0 aliphatic carbocycles. The molecule has 1 aromatic heterocycles. The van der Waals surface area contributed by atoms with E-state index >= 15 is 0 Å². The number of aromatic nitrogens is 1. The average molecular weight is 290 g/mol. The molecule has 22 heavy (non-hydrogen) atoms. The van der Waals surface area contributed by atoms with Crippen molar-refractivity contribution in [2.24, 2.45) is 0 Å². The Kier molecular flexibility index (Phi) is 3.63. The predicted octanol–water partition coefficient (Wildman–Crippen LogP) is 4.35. The third kappa shape index (κ3) is 2.35. The van der Waals surface area contributed by atoms with E-state index in [-0.39, 0.29) is 5.78 Å². The molecule has 1 unspecified atom stereocenters. The lowest BCUT2D eigenvalue weighted by Crippen LogP contribution is -2.33. The fourth-order valence-corrected chi connectivity index (χ4v) is 2.86. The number of carbonyl (C=O) groups excluding carboxylic acids is 1. The van der Waals surface area contributed by atoms with Gasteiger partial charge in [0.25, 0.3) is 0 Å². The lowest BCUT2D eigenvalue weighted by atomic mass is 9.74. The van der Waals surface area contributed by atoms with E-state index in [1.54, 1.807) is 0 Å². The van der Waals surface area contributed by atoms with Gasteiger partial charge in [-0.2, -0.15) is 0 Å². The van der Waals surface area contributed by atoms with Crippen LogP contribution in [0.1, 0.15) is 29.3 Å². The van der Waals surface area contributed by atoms with Crippen molar-refractivity contribution in [3.8, 4) is 0 Å². The van der Waals surface area contributed by atoms with E-state index in [0.29, 0.717) is 12.0 Å². The van der Waals surface area contributed by atoms with Crippen LogP contribution < -0.4 is 0 Å². The summed E-state index contributed by atoms with van der Waals surface area (Å²) in [6, 6.07) is 17.4. The first-order valence-corrected chi connectivity index (χ1v) is 7.31. The van der Waals surface area contributed by atoms with Crippen LogP contribution in [-0.4, -0.2) is 17.0 Å². The standard InChI is InChI=1S/C19H18N2O/c1-19(10-11-20,16-5-3-2-4-6-16)18(22)15-7-8-17-14(13-15)9-12-21-17/h2-9,11-13,20-21H,10H2,1H3. The first-order chi connectivity index (χ1) is 10.6. The maximum absolute atomic E-state index is 13.1. The van der Waals surface area contributed by atoms with Gasteiger partial charge < -0.3 is 10.4 Å². The SMILES string of the molecule is CC(CC=N)(C(=O)c1ccc2[nH]ccc2c1)c1ccccc1. The van der Waals surface area contributed by atoms with Crippen LogP contribution in [0.3, 0.4) is 0 Å². The van der Waals surface area contributed by atoms with Gasteiger partial charge in [0.05, 0.1) is 5.41 Å². The van der Waals surface area contributed by atoms with Crippen molar-refractivity contribution in [3.63, 3.8) is 0 Å². The largest absolute Gasteiger partial charge is 0.361 e. The average Bonchev–Trinajstić information content (AvgIpc) is 3.02. The van der Waals surface area contributed by atoms with Gasteiger partial charge in [0.1, 0.15) is 0 Å². The van der Waals surface area contributed by atoms with Crippen LogP contribution in [0.5, 0.6) is 0 Å². The first kappa shape index (κ1) is 14.3. The van der Waals surface area contributed by atoms with Gasteiger partial charge in [0.2, 0.25) is 0 Å². The van der Waals surface area contributed by atoms with Gasteiger partial charge in [-0.05, 0) is 49.4 Å². The summed E-state index contributed by atoms with van der Waals surface area (Å²) < 4.78 is 0. The molecule has 1 atom stereocenters. The van der Waals surface area contributed by atoms with Gasteiger partial charge in [-0.15, -0.1) is 0 Å². The smallest absolute Gasteiger partial charge is 0.173 e. The molecule has 0 fully saturated rings. The fraction of sp³-hybridized carbons (Fsp3) is 0.158. The molecule has 0 saturated carbocycles. The Morgan fingerprint density at radius 3 is 2.68 bits per heavy atom. The van der Waals surface area contributed by atoms with Crippen LogP contribution >= 0.6 is 0 Å². The minimum absolute atomic E-state index is 0.0466. The molecule has 0 saturated heterocycles. The van der Waals surface area contributed by atoms with Crippen molar-refractivity contribution in [2.45, 2.75) is 18.8 Å². The third-order valence-electron chi connectivity index (χ3n) is 4.24. The maximum atomic E-state index is 13.1. The van der Waals surface area contributed by atoms with Gasteiger partial charge >= 0.3 is 0 Å². The topological polar surface area (TPSA) is 56.7 Å². The van der Waals surface area contributed by atoms with Crippen molar-refractivity contribution >= 4 is 22.9 Å². The summed E-state index contributed by atoms with van der Waals surface area (Å²) in [5.74, 6) is 0.0466. The zero-order chi connectivity index (χ0) is 15.6. The monoisotopic (exact) mass is 290 g/mol. The van der Waals surface area contributed by atoms with E-state index in [2.05, 4.69) is 4.98 Å². The first-order valence-electron chi connectivity index (χ1n) is 7.31.